The van der Waals surface area contributed by atoms with Crippen LogP contribution in [-0.2, 0) is 11.3 Å². The van der Waals surface area contributed by atoms with E-state index < -0.39 is 0 Å². The zero-order chi connectivity index (χ0) is 25.1. The van der Waals surface area contributed by atoms with E-state index in [-0.39, 0.29) is 24.5 Å². The number of piperidine rings is 1. The van der Waals surface area contributed by atoms with Gasteiger partial charge in [0.15, 0.2) is 11.5 Å². The highest BCUT2D eigenvalue weighted by molar-refractivity contribution is 5.95. The number of fused-ring (bicyclic) bond motifs is 1. The number of hydrogen-bond donors (Lipinski definition) is 0. The average molecular weight is 496 g/mol. The van der Waals surface area contributed by atoms with Crippen molar-refractivity contribution in [1.29, 1.82) is 0 Å². The lowest BCUT2D eigenvalue weighted by Gasteiger charge is -2.38. The third-order valence-corrected chi connectivity index (χ3v) is 7.26. The normalized spacial score (nSPS) is 18.3. The molecule has 36 heavy (non-hydrogen) atoms. The van der Waals surface area contributed by atoms with Crippen LogP contribution in [0, 0.1) is 5.92 Å². The second kappa shape index (κ2) is 10.7. The summed E-state index contributed by atoms with van der Waals surface area (Å²) >= 11 is 0. The predicted octanol–water partition coefficient (Wildman–Crippen LogP) is 2.63. The molecule has 0 radical (unpaired) electrons. The summed E-state index contributed by atoms with van der Waals surface area (Å²) in [5.41, 5.74) is 1.72. The molecule has 9 heteroatoms. The average Bonchev–Trinajstić information content (AvgIpc) is 3.40. The lowest BCUT2D eigenvalue weighted by Crippen LogP contribution is -2.51. The van der Waals surface area contributed by atoms with Crippen molar-refractivity contribution in [2.24, 2.45) is 5.92 Å². The largest absolute Gasteiger partial charge is 0.497 e. The number of benzene rings is 2. The number of rotatable bonds is 6. The first-order valence-electron chi connectivity index (χ1n) is 12.5. The van der Waals surface area contributed by atoms with Gasteiger partial charge < -0.3 is 28.7 Å². The molecule has 3 heterocycles. The van der Waals surface area contributed by atoms with Gasteiger partial charge in [-0.25, -0.2) is 0 Å². The quantitative estimate of drug-likeness (QED) is 0.610. The van der Waals surface area contributed by atoms with Crippen molar-refractivity contribution in [3.8, 4) is 23.0 Å². The van der Waals surface area contributed by atoms with Crippen molar-refractivity contribution in [3.63, 3.8) is 0 Å². The minimum absolute atomic E-state index is 0.0331. The lowest BCUT2D eigenvalue weighted by molar-refractivity contribution is -0.138. The molecule has 0 atom stereocenters. The molecule has 0 aliphatic carbocycles. The number of methoxy groups -OCH3 is 2. The molecule has 2 amide bonds. The molecule has 2 aromatic rings. The number of hydrogen-bond acceptors (Lipinski definition) is 7. The standard InChI is InChI=1S/C27H33N3O6/c1-33-22-14-21(15-23(16-22)34-2)27(32)29-7-5-20(6-8-29)26(31)30-11-9-28(10-12-30)17-19-3-4-24-25(13-19)36-18-35-24/h3-4,13-16,20H,5-12,17-18H2,1-2H3. The van der Waals surface area contributed by atoms with Crippen LogP contribution in [0.2, 0.25) is 0 Å². The van der Waals surface area contributed by atoms with E-state index in [1.165, 1.54) is 5.56 Å². The first kappa shape index (κ1) is 24.2. The Morgan fingerprint density at radius 1 is 0.833 bits per heavy atom. The number of carbonyl (C=O) groups excluding carboxylic acids is 2. The highest BCUT2D eigenvalue weighted by atomic mass is 16.7. The SMILES string of the molecule is COc1cc(OC)cc(C(=O)N2CCC(C(=O)N3CCN(Cc4ccc5c(c4)OCO5)CC3)CC2)c1. The van der Waals surface area contributed by atoms with Gasteiger partial charge >= 0.3 is 0 Å². The number of ether oxygens (including phenoxy) is 4. The zero-order valence-electron chi connectivity index (χ0n) is 20.9. The van der Waals surface area contributed by atoms with E-state index >= 15 is 0 Å². The van der Waals surface area contributed by atoms with Gasteiger partial charge in [0.25, 0.3) is 5.91 Å². The van der Waals surface area contributed by atoms with E-state index in [2.05, 4.69) is 11.0 Å². The Balaban J connectivity index is 1.10. The van der Waals surface area contributed by atoms with Gasteiger partial charge in [-0.05, 0) is 42.7 Å². The summed E-state index contributed by atoms with van der Waals surface area (Å²) < 4.78 is 21.5. The molecule has 2 aromatic carbocycles. The first-order chi connectivity index (χ1) is 17.5. The fraction of sp³-hybridized carbons (Fsp3) is 0.481. The van der Waals surface area contributed by atoms with Crippen LogP contribution in [0.25, 0.3) is 0 Å². The topological polar surface area (TPSA) is 80.8 Å². The molecule has 9 nitrogen and oxygen atoms in total. The van der Waals surface area contributed by atoms with Gasteiger partial charge in [0.05, 0.1) is 14.2 Å². The van der Waals surface area contributed by atoms with Gasteiger partial charge in [0.2, 0.25) is 12.7 Å². The van der Waals surface area contributed by atoms with E-state index in [1.807, 2.05) is 21.9 Å². The molecule has 5 rings (SSSR count). The molecular weight excluding hydrogens is 462 g/mol. The smallest absolute Gasteiger partial charge is 0.254 e. The van der Waals surface area contributed by atoms with Crippen LogP contribution in [-0.4, -0.2) is 86.8 Å². The summed E-state index contributed by atoms with van der Waals surface area (Å²) in [4.78, 5) is 32.4. The van der Waals surface area contributed by atoms with Crippen molar-refractivity contribution >= 4 is 11.8 Å². The summed E-state index contributed by atoms with van der Waals surface area (Å²) in [6.45, 7) is 5.39. The molecule has 192 valence electrons. The second-order valence-corrected chi connectivity index (χ2v) is 9.46. The third-order valence-electron chi connectivity index (χ3n) is 7.26. The van der Waals surface area contributed by atoms with Crippen molar-refractivity contribution in [2.75, 3.05) is 60.3 Å². The maximum Gasteiger partial charge on any atom is 0.254 e. The van der Waals surface area contributed by atoms with Crippen LogP contribution in [0.15, 0.2) is 36.4 Å². The summed E-state index contributed by atoms with van der Waals surface area (Å²) in [7, 11) is 3.13. The Kier molecular flexibility index (Phi) is 7.18. The second-order valence-electron chi connectivity index (χ2n) is 9.46. The Morgan fingerprint density at radius 3 is 2.17 bits per heavy atom. The molecule has 0 N–H and O–H groups in total. The van der Waals surface area contributed by atoms with Crippen LogP contribution in [0.5, 0.6) is 23.0 Å². The highest BCUT2D eigenvalue weighted by Gasteiger charge is 2.32. The fourth-order valence-corrected chi connectivity index (χ4v) is 5.13. The summed E-state index contributed by atoms with van der Waals surface area (Å²) in [5, 5.41) is 0. The van der Waals surface area contributed by atoms with Crippen molar-refractivity contribution < 1.29 is 28.5 Å². The summed E-state index contributed by atoms with van der Waals surface area (Å²) in [5.74, 6) is 2.89. The van der Waals surface area contributed by atoms with Crippen molar-refractivity contribution in [3.05, 3.63) is 47.5 Å². The van der Waals surface area contributed by atoms with E-state index in [1.54, 1.807) is 32.4 Å². The Hall–Kier alpha value is -3.46. The summed E-state index contributed by atoms with van der Waals surface area (Å²) in [6, 6.07) is 11.3. The zero-order valence-corrected chi connectivity index (χ0v) is 20.9. The predicted molar refractivity (Wildman–Crippen MR) is 133 cm³/mol. The summed E-state index contributed by atoms with van der Waals surface area (Å²) in [6.07, 6.45) is 1.37. The molecule has 2 fully saturated rings. The van der Waals surface area contributed by atoms with Crippen LogP contribution in [0.4, 0.5) is 0 Å². The monoisotopic (exact) mass is 495 g/mol. The molecule has 3 aliphatic rings. The molecule has 0 saturated carbocycles. The fourth-order valence-electron chi connectivity index (χ4n) is 5.13. The lowest BCUT2D eigenvalue weighted by atomic mass is 9.94. The molecular formula is C27H33N3O6. The molecule has 0 unspecified atom stereocenters. The van der Waals surface area contributed by atoms with Crippen LogP contribution >= 0.6 is 0 Å². The van der Waals surface area contributed by atoms with Crippen LogP contribution in [0.1, 0.15) is 28.8 Å². The molecule has 0 spiro atoms. The minimum Gasteiger partial charge on any atom is -0.497 e. The van der Waals surface area contributed by atoms with E-state index in [4.69, 9.17) is 18.9 Å². The number of amides is 2. The van der Waals surface area contributed by atoms with Crippen LogP contribution < -0.4 is 18.9 Å². The molecule has 0 bridgehead atoms. The van der Waals surface area contributed by atoms with E-state index in [0.717, 1.165) is 44.2 Å². The number of carbonyl (C=O) groups is 2. The number of piperazine rings is 1. The molecule has 2 saturated heterocycles. The Labute approximate surface area is 211 Å². The van der Waals surface area contributed by atoms with E-state index in [0.29, 0.717) is 43.0 Å². The van der Waals surface area contributed by atoms with Crippen molar-refractivity contribution in [1.82, 2.24) is 14.7 Å². The Bertz CT molecular complexity index is 1080. The molecule has 0 aromatic heterocycles. The van der Waals surface area contributed by atoms with Gasteiger partial charge in [-0.2, -0.15) is 0 Å². The van der Waals surface area contributed by atoms with Crippen LogP contribution in [0.3, 0.4) is 0 Å². The number of nitrogens with zero attached hydrogens (tertiary/aromatic N) is 3. The third kappa shape index (κ3) is 5.21. The molecule has 3 aliphatic heterocycles. The Morgan fingerprint density at radius 2 is 1.50 bits per heavy atom. The van der Waals surface area contributed by atoms with Gasteiger partial charge in [-0.15, -0.1) is 0 Å². The van der Waals surface area contributed by atoms with Gasteiger partial charge in [0, 0.05) is 63.4 Å². The minimum atomic E-state index is -0.0600. The first-order valence-corrected chi connectivity index (χ1v) is 12.5. The number of likely N-dealkylation sites (tertiary alicyclic amines) is 1. The van der Waals surface area contributed by atoms with E-state index in [9.17, 15) is 9.59 Å². The van der Waals surface area contributed by atoms with Gasteiger partial charge in [-0.1, -0.05) is 6.07 Å². The maximum absolute atomic E-state index is 13.2. The van der Waals surface area contributed by atoms with Gasteiger partial charge in [0.1, 0.15) is 11.5 Å². The van der Waals surface area contributed by atoms with Crippen molar-refractivity contribution in [2.45, 2.75) is 19.4 Å². The maximum atomic E-state index is 13.2. The van der Waals surface area contributed by atoms with Gasteiger partial charge in [-0.3, -0.25) is 14.5 Å². The highest BCUT2D eigenvalue weighted by Crippen LogP contribution is 2.33.